The van der Waals surface area contributed by atoms with Crippen LogP contribution >= 0.6 is 0 Å². The maximum atomic E-state index is 12.5. The summed E-state index contributed by atoms with van der Waals surface area (Å²) < 4.78 is 0. The Kier molecular flexibility index (Phi) is 3.95. The molecular weight excluding hydrogens is 262 g/mol. The monoisotopic (exact) mass is 281 g/mol. The Morgan fingerprint density at radius 3 is 2.71 bits per heavy atom. The van der Waals surface area contributed by atoms with Crippen molar-refractivity contribution >= 4 is 5.91 Å². The largest absolute Gasteiger partial charge is 0.337 e. The molecule has 0 radical (unpaired) electrons. The zero-order valence-corrected chi connectivity index (χ0v) is 12.2. The predicted octanol–water partition coefficient (Wildman–Crippen LogP) is 3.02. The van der Waals surface area contributed by atoms with Gasteiger partial charge < -0.3 is 4.90 Å². The van der Waals surface area contributed by atoms with Crippen molar-refractivity contribution in [3.8, 4) is 11.3 Å². The van der Waals surface area contributed by atoms with Gasteiger partial charge in [0.2, 0.25) is 0 Å². The molecule has 4 heteroatoms. The number of carbonyl (C=O) groups is 1. The molecular formula is C17H19N3O. The molecule has 1 fully saturated rings. The van der Waals surface area contributed by atoms with Crippen molar-refractivity contribution in [2.75, 3.05) is 13.1 Å². The molecule has 2 aromatic rings. The second-order valence-corrected chi connectivity index (χ2v) is 5.62. The van der Waals surface area contributed by atoms with E-state index in [4.69, 9.17) is 0 Å². The minimum atomic E-state index is 0.0349. The van der Waals surface area contributed by atoms with Gasteiger partial charge in [0.05, 0.1) is 5.69 Å². The summed E-state index contributed by atoms with van der Waals surface area (Å²) in [5, 5.41) is 0. The van der Waals surface area contributed by atoms with Crippen LogP contribution in [0.5, 0.6) is 0 Å². The Balaban J connectivity index is 1.81. The average Bonchev–Trinajstić information content (AvgIpc) is 2.56. The number of hydrogen-bond donors (Lipinski definition) is 0. The molecule has 1 amide bonds. The van der Waals surface area contributed by atoms with Gasteiger partial charge in [-0.25, -0.2) is 4.98 Å². The molecule has 2 aromatic heterocycles. The molecule has 0 N–H and O–H groups in total. The first-order chi connectivity index (χ1) is 10.2. The Morgan fingerprint density at radius 2 is 2.00 bits per heavy atom. The molecule has 1 aliphatic heterocycles. The predicted molar refractivity (Wildman–Crippen MR) is 81.8 cm³/mol. The quantitative estimate of drug-likeness (QED) is 0.850. The molecule has 0 spiro atoms. The third-order valence-corrected chi connectivity index (χ3v) is 4.00. The van der Waals surface area contributed by atoms with E-state index in [1.807, 2.05) is 29.2 Å². The number of pyridine rings is 2. The van der Waals surface area contributed by atoms with Crippen LogP contribution in [-0.4, -0.2) is 33.9 Å². The third kappa shape index (κ3) is 3.10. The number of likely N-dealkylation sites (tertiary alicyclic amines) is 1. The van der Waals surface area contributed by atoms with Crippen molar-refractivity contribution in [2.24, 2.45) is 5.92 Å². The van der Waals surface area contributed by atoms with Gasteiger partial charge in [-0.1, -0.05) is 13.0 Å². The maximum absolute atomic E-state index is 12.5. The minimum absolute atomic E-state index is 0.0349. The second kappa shape index (κ2) is 6.04. The first-order valence-electron chi connectivity index (χ1n) is 7.41. The highest BCUT2D eigenvalue weighted by molar-refractivity contribution is 5.92. The van der Waals surface area contributed by atoms with Crippen molar-refractivity contribution in [1.82, 2.24) is 14.9 Å². The highest BCUT2D eigenvalue weighted by atomic mass is 16.2. The van der Waals surface area contributed by atoms with E-state index < -0.39 is 0 Å². The second-order valence-electron chi connectivity index (χ2n) is 5.62. The SMILES string of the molecule is CC1CCN(C(=O)c2cccc(-c3cccnc3)n2)CC1. The molecule has 0 saturated carbocycles. The molecule has 0 bridgehead atoms. The number of carbonyl (C=O) groups excluding carboxylic acids is 1. The zero-order chi connectivity index (χ0) is 14.7. The van der Waals surface area contributed by atoms with Gasteiger partial charge in [-0.05, 0) is 43.0 Å². The molecule has 1 aliphatic rings. The fourth-order valence-corrected chi connectivity index (χ4v) is 2.60. The van der Waals surface area contributed by atoms with Crippen LogP contribution in [0.4, 0.5) is 0 Å². The van der Waals surface area contributed by atoms with Crippen molar-refractivity contribution in [1.29, 1.82) is 0 Å². The number of rotatable bonds is 2. The van der Waals surface area contributed by atoms with Gasteiger partial charge >= 0.3 is 0 Å². The van der Waals surface area contributed by atoms with Crippen LogP contribution in [0.2, 0.25) is 0 Å². The summed E-state index contributed by atoms with van der Waals surface area (Å²) in [7, 11) is 0. The van der Waals surface area contributed by atoms with Crippen molar-refractivity contribution in [3.05, 3.63) is 48.4 Å². The van der Waals surface area contributed by atoms with Crippen molar-refractivity contribution < 1.29 is 4.79 Å². The zero-order valence-electron chi connectivity index (χ0n) is 12.2. The first-order valence-corrected chi connectivity index (χ1v) is 7.41. The van der Waals surface area contributed by atoms with E-state index in [9.17, 15) is 4.79 Å². The lowest BCUT2D eigenvalue weighted by Crippen LogP contribution is -2.38. The summed E-state index contributed by atoms with van der Waals surface area (Å²) in [6.07, 6.45) is 5.65. The standard InChI is InChI=1S/C17H19N3O/c1-13-7-10-20(11-8-13)17(21)16-6-2-5-15(19-16)14-4-3-9-18-12-14/h2-6,9,12-13H,7-8,10-11H2,1H3. The number of amides is 1. The number of hydrogen-bond acceptors (Lipinski definition) is 3. The normalized spacial score (nSPS) is 16.0. The van der Waals surface area contributed by atoms with Gasteiger partial charge in [-0.3, -0.25) is 9.78 Å². The summed E-state index contributed by atoms with van der Waals surface area (Å²) in [5.74, 6) is 0.747. The molecule has 108 valence electrons. The summed E-state index contributed by atoms with van der Waals surface area (Å²) >= 11 is 0. The maximum Gasteiger partial charge on any atom is 0.272 e. The van der Waals surface area contributed by atoms with Crippen LogP contribution in [0.1, 0.15) is 30.3 Å². The first kappa shape index (κ1) is 13.7. The molecule has 0 aliphatic carbocycles. The fraction of sp³-hybridized carbons (Fsp3) is 0.353. The average molecular weight is 281 g/mol. The van der Waals surface area contributed by atoms with E-state index in [0.29, 0.717) is 11.6 Å². The number of nitrogens with zero attached hydrogens (tertiary/aromatic N) is 3. The topological polar surface area (TPSA) is 46.1 Å². The number of piperidine rings is 1. The lowest BCUT2D eigenvalue weighted by Gasteiger charge is -2.30. The Morgan fingerprint density at radius 1 is 1.19 bits per heavy atom. The lowest BCUT2D eigenvalue weighted by atomic mass is 9.99. The Labute approximate surface area is 124 Å². The van der Waals surface area contributed by atoms with Gasteiger partial charge in [-0.2, -0.15) is 0 Å². The van der Waals surface area contributed by atoms with Gasteiger partial charge in [0.15, 0.2) is 0 Å². The molecule has 0 unspecified atom stereocenters. The third-order valence-electron chi connectivity index (χ3n) is 4.00. The Bertz CT molecular complexity index is 619. The molecule has 0 aromatic carbocycles. The van der Waals surface area contributed by atoms with Gasteiger partial charge in [0, 0.05) is 31.0 Å². The van der Waals surface area contributed by atoms with Gasteiger partial charge in [0.25, 0.3) is 5.91 Å². The molecule has 3 rings (SSSR count). The minimum Gasteiger partial charge on any atom is -0.337 e. The van der Waals surface area contributed by atoms with E-state index in [2.05, 4.69) is 16.9 Å². The molecule has 3 heterocycles. The summed E-state index contributed by atoms with van der Waals surface area (Å²) in [6.45, 7) is 3.90. The molecule has 1 saturated heterocycles. The van der Waals surface area contributed by atoms with E-state index in [1.54, 1.807) is 18.5 Å². The van der Waals surface area contributed by atoms with Crippen LogP contribution in [0.15, 0.2) is 42.7 Å². The lowest BCUT2D eigenvalue weighted by molar-refractivity contribution is 0.0691. The van der Waals surface area contributed by atoms with Crippen LogP contribution < -0.4 is 0 Å². The van der Waals surface area contributed by atoms with E-state index in [-0.39, 0.29) is 5.91 Å². The van der Waals surface area contributed by atoms with Crippen molar-refractivity contribution in [2.45, 2.75) is 19.8 Å². The van der Waals surface area contributed by atoms with Crippen LogP contribution in [-0.2, 0) is 0 Å². The Hall–Kier alpha value is -2.23. The summed E-state index contributed by atoms with van der Waals surface area (Å²) in [4.78, 5) is 23.1. The van der Waals surface area contributed by atoms with Gasteiger partial charge in [0.1, 0.15) is 5.69 Å². The molecule has 4 nitrogen and oxygen atoms in total. The number of aromatic nitrogens is 2. The smallest absolute Gasteiger partial charge is 0.272 e. The molecule has 0 atom stereocenters. The molecule has 21 heavy (non-hydrogen) atoms. The van der Waals surface area contributed by atoms with E-state index in [0.717, 1.165) is 37.2 Å². The summed E-state index contributed by atoms with van der Waals surface area (Å²) in [6, 6.07) is 9.41. The summed E-state index contributed by atoms with van der Waals surface area (Å²) in [5.41, 5.74) is 2.24. The van der Waals surface area contributed by atoms with Crippen molar-refractivity contribution in [3.63, 3.8) is 0 Å². The highest BCUT2D eigenvalue weighted by Crippen LogP contribution is 2.19. The van der Waals surface area contributed by atoms with Crippen LogP contribution in [0, 0.1) is 5.92 Å². The van der Waals surface area contributed by atoms with E-state index in [1.165, 1.54) is 0 Å². The van der Waals surface area contributed by atoms with Crippen LogP contribution in [0.3, 0.4) is 0 Å². The van der Waals surface area contributed by atoms with E-state index >= 15 is 0 Å². The van der Waals surface area contributed by atoms with Crippen LogP contribution in [0.25, 0.3) is 11.3 Å². The van der Waals surface area contributed by atoms with Gasteiger partial charge in [-0.15, -0.1) is 0 Å². The fourth-order valence-electron chi connectivity index (χ4n) is 2.60. The highest BCUT2D eigenvalue weighted by Gasteiger charge is 2.22.